The number of ether oxygens (including phenoxy) is 1. The molecular weight excluding hydrogens is 369 g/mol. The highest BCUT2D eigenvalue weighted by Crippen LogP contribution is 2.26. The molecule has 0 unspecified atom stereocenters. The molecule has 1 aromatic heterocycles. The molecule has 0 aliphatic rings. The number of hydrogen-bond donors (Lipinski definition) is 1. The van der Waals surface area contributed by atoms with E-state index in [1.54, 1.807) is 77.0 Å². The van der Waals surface area contributed by atoms with Gasteiger partial charge in [0, 0.05) is 25.7 Å². The number of hydrogen-bond acceptors (Lipinski definition) is 7. The second kappa shape index (κ2) is 8.64. The fraction of sp³-hybridized carbons (Fsp3) is 0.381. The number of pyridine rings is 1. The average Bonchev–Trinajstić information content (AvgIpc) is 2.65. The lowest BCUT2D eigenvalue weighted by Gasteiger charge is -2.37. The quantitative estimate of drug-likeness (QED) is 0.543. The highest BCUT2D eigenvalue weighted by molar-refractivity contribution is 6.49. The van der Waals surface area contributed by atoms with Crippen molar-refractivity contribution in [3.63, 3.8) is 0 Å². The Labute approximate surface area is 172 Å². The molecular formula is C21H25BN3O4. The zero-order chi connectivity index (χ0) is 21.8. The van der Waals surface area contributed by atoms with Crippen LogP contribution < -0.4 is 15.1 Å². The molecule has 151 valence electrons. The lowest BCUT2D eigenvalue weighted by molar-refractivity contribution is -0.0893. The predicted octanol–water partition coefficient (Wildman–Crippen LogP) is 2.43. The van der Waals surface area contributed by atoms with Gasteiger partial charge in [-0.3, -0.25) is 4.79 Å². The molecule has 1 N–H and O–H groups in total. The summed E-state index contributed by atoms with van der Waals surface area (Å²) in [7, 11) is 5.03. The summed E-state index contributed by atoms with van der Waals surface area (Å²) in [5.41, 5.74) is -0.550. The van der Waals surface area contributed by atoms with Crippen LogP contribution in [0.25, 0.3) is 0 Å². The largest absolute Gasteiger partial charge is 0.439 e. The van der Waals surface area contributed by atoms with E-state index in [0.717, 1.165) is 0 Å². The third-order valence-electron chi connectivity index (χ3n) is 4.76. The normalized spacial score (nSPS) is 11.5. The first-order valence-electron chi connectivity index (χ1n) is 9.07. The van der Waals surface area contributed by atoms with Crippen molar-refractivity contribution in [3.8, 4) is 17.7 Å². The Balaban J connectivity index is 2.22. The fourth-order valence-corrected chi connectivity index (χ4v) is 2.22. The van der Waals surface area contributed by atoms with Crippen LogP contribution in [0.4, 0.5) is 5.82 Å². The Morgan fingerprint density at radius 3 is 2.45 bits per heavy atom. The summed E-state index contributed by atoms with van der Waals surface area (Å²) in [5.74, 6) is 1.22. The van der Waals surface area contributed by atoms with Gasteiger partial charge < -0.3 is 19.4 Å². The van der Waals surface area contributed by atoms with E-state index in [1.165, 1.54) is 7.48 Å². The van der Waals surface area contributed by atoms with Crippen LogP contribution in [0.5, 0.6) is 11.6 Å². The molecule has 0 fully saturated rings. The van der Waals surface area contributed by atoms with Crippen molar-refractivity contribution in [2.24, 2.45) is 0 Å². The molecule has 1 heterocycles. The third-order valence-corrected chi connectivity index (χ3v) is 4.76. The molecule has 7 nitrogen and oxygen atoms in total. The lowest BCUT2D eigenvalue weighted by atomic mass is 9.80. The van der Waals surface area contributed by atoms with E-state index in [2.05, 4.69) is 11.1 Å². The van der Waals surface area contributed by atoms with Crippen LogP contribution in [0.15, 0.2) is 30.3 Å². The maximum atomic E-state index is 11.5. The molecule has 0 bridgehead atoms. The smallest absolute Gasteiger partial charge is 0.331 e. The standard InChI is InChI=1S/C21H25BN3O4/c1-20(2,27)21(3,4)29-22-17-9-8-16(11-15(17)13-26)28-18-10-7-14(12-23)19(24-18)25(5)6/h7-11,13,27H,1-6H3. The van der Waals surface area contributed by atoms with Crippen molar-refractivity contribution in [1.82, 2.24) is 4.98 Å². The summed E-state index contributed by atoms with van der Waals surface area (Å²) < 4.78 is 11.5. The van der Waals surface area contributed by atoms with Gasteiger partial charge in [-0.15, -0.1) is 0 Å². The topological polar surface area (TPSA) is 95.7 Å². The molecule has 0 aliphatic heterocycles. The van der Waals surface area contributed by atoms with Crippen molar-refractivity contribution in [2.45, 2.75) is 38.9 Å². The predicted molar refractivity (Wildman–Crippen MR) is 112 cm³/mol. The zero-order valence-corrected chi connectivity index (χ0v) is 17.6. The highest BCUT2D eigenvalue weighted by Gasteiger charge is 2.35. The van der Waals surface area contributed by atoms with Gasteiger partial charge >= 0.3 is 7.48 Å². The average molecular weight is 394 g/mol. The second-order valence-corrected chi connectivity index (χ2v) is 7.84. The zero-order valence-electron chi connectivity index (χ0n) is 17.6. The third kappa shape index (κ3) is 5.34. The first-order valence-corrected chi connectivity index (χ1v) is 9.07. The van der Waals surface area contributed by atoms with Crippen molar-refractivity contribution in [2.75, 3.05) is 19.0 Å². The van der Waals surface area contributed by atoms with Crippen molar-refractivity contribution >= 4 is 25.0 Å². The van der Waals surface area contributed by atoms with Gasteiger partial charge in [-0.25, -0.2) is 0 Å². The van der Waals surface area contributed by atoms with Crippen LogP contribution >= 0.6 is 0 Å². The van der Waals surface area contributed by atoms with Crippen molar-refractivity contribution < 1.29 is 19.3 Å². The number of aliphatic hydroxyl groups is 1. The Hall–Kier alpha value is -2.89. The number of anilines is 1. The number of carbonyl (C=O) groups is 1. The minimum absolute atomic E-state index is 0.306. The number of carbonyl (C=O) groups excluding carboxylic acids is 1. The van der Waals surface area contributed by atoms with E-state index in [0.29, 0.717) is 40.3 Å². The van der Waals surface area contributed by atoms with Gasteiger partial charge in [0.15, 0.2) is 0 Å². The van der Waals surface area contributed by atoms with Gasteiger partial charge in [-0.2, -0.15) is 10.2 Å². The summed E-state index contributed by atoms with van der Waals surface area (Å²) in [6.07, 6.45) is 0.705. The van der Waals surface area contributed by atoms with Crippen LogP contribution in [0.1, 0.15) is 43.6 Å². The van der Waals surface area contributed by atoms with Crippen LogP contribution in [0.3, 0.4) is 0 Å². The molecule has 0 saturated carbocycles. The van der Waals surface area contributed by atoms with Crippen molar-refractivity contribution in [1.29, 1.82) is 5.26 Å². The molecule has 29 heavy (non-hydrogen) atoms. The van der Waals surface area contributed by atoms with Gasteiger partial charge in [0.1, 0.15) is 23.9 Å². The lowest BCUT2D eigenvalue weighted by Crippen LogP contribution is -2.49. The molecule has 0 saturated heterocycles. The maximum Gasteiger partial charge on any atom is 0.331 e. The van der Waals surface area contributed by atoms with Crippen LogP contribution in [-0.2, 0) is 4.65 Å². The van der Waals surface area contributed by atoms with Gasteiger partial charge in [-0.05, 0) is 51.4 Å². The molecule has 1 aromatic carbocycles. The highest BCUT2D eigenvalue weighted by atomic mass is 16.5. The number of rotatable bonds is 8. The Bertz CT molecular complexity index is 930. The molecule has 1 radical (unpaired) electrons. The minimum Gasteiger partial charge on any atom is -0.439 e. The molecule has 0 atom stereocenters. The molecule has 2 rings (SSSR count). The second-order valence-electron chi connectivity index (χ2n) is 7.84. The maximum absolute atomic E-state index is 11.5. The van der Waals surface area contributed by atoms with E-state index in [1.807, 2.05) is 0 Å². The van der Waals surface area contributed by atoms with E-state index in [-0.39, 0.29) is 0 Å². The Morgan fingerprint density at radius 2 is 1.90 bits per heavy atom. The van der Waals surface area contributed by atoms with Crippen LogP contribution in [0.2, 0.25) is 0 Å². The number of aromatic nitrogens is 1. The number of aldehydes is 1. The van der Waals surface area contributed by atoms with Gasteiger partial charge in [0.25, 0.3) is 0 Å². The van der Waals surface area contributed by atoms with Crippen LogP contribution in [0, 0.1) is 11.3 Å². The summed E-state index contributed by atoms with van der Waals surface area (Å²) >= 11 is 0. The molecule has 0 aliphatic carbocycles. The summed E-state index contributed by atoms with van der Waals surface area (Å²) in [6, 6.07) is 10.3. The molecule has 8 heteroatoms. The molecule has 0 spiro atoms. The SMILES string of the molecule is CN(C)c1nc(Oc2ccc([B]OC(C)(C)C(C)(C)O)c(C=O)c2)ccc1C#N. The number of nitriles is 1. The van der Waals surface area contributed by atoms with E-state index >= 15 is 0 Å². The first-order chi connectivity index (χ1) is 13.5. The summed E-state index contributed by atoms with van der Waals surface area (Å²) in [4.78, 5) is 17.6. The Morgan fingerprint density at radius 1 is 1.21 bits per heavy atom. The van der Waals surface area contributed by atoms with E-state index in [9.17, 15) is 15.2 Å². The summed E-state index contributed by atoms with van der Waals surface area (Å²) in [5, 5.41) is 19.4. The monoisotopic (exact) mass is 394 g/mol. The van der Waals surface area contributed by atoms with E-state index < -0.39 is 11.2 Å². The van der Waals surface area contributed by atoms with Gasteiger partial charge in [-0.1, -0.05) is 6.07 Å². The first kappa shape index (κ1) is 22.4. The van der Waals surface area contributed by atoms with Gasteiger partial charge in [0.05, 0.1) is 16.8 Å². The van der Waals surface area contributed by atoms with Crippen molar-refractivity contribution in [3.05, 3.63) is 41.5 Å². The minimum atomic E-state index is -1.07. The Kier molecular flexibility index (Phi) is 6.67. The molecule has 2 aromatic rings. The summed E-state index contributed by atoms with van der Waals surface area (Å²) in [6.45, 7) is 6.84. The molecule has 0 amide bonds. The van der Waals surface area contributed by atoms with E-state index in [4.69, 9.17) is 9.39 Å². The van der Waals surface area contributed by atoms with Crippen LogP contribution in [-0.4, -0.2) is 49.2 Å². The van der Waals surface area contributed by atoms with Gasteiger partial charge in [0.2, 0.25) is 5.88 Å². The number of nitrogens with zero attached hydrogens (tertiary/aromatic N) is 3. The fourth-order valence-electron chi connectivity index (χ4n) is 2.22. The number of benzene rings is 1.